The molecule has 1 amide bonds. The normalized spacial score (nSPS) is 22.0. The van der Waals surface area contributed by atoms with Gasteiger partial charge in [-0.1, -0.05) is 32.4 Å². The predicted octanol–water partition coefficient (Wildman–Crippen LogP) is 5.31. The van der Waals surface area contributed by atoms with Crippen LogP contribution in [0.15, 0.2) is 16.9 Å². The smallest absolute Gasteiger partial charge is 0.407 e. The largest absolute Gasteiger partial charge is 0.465 e. The van der Waals surface area contributed by atoms with Gasteiger partial charge < -0.3 is 9.53 Å². The fourth-order valence-corrected chi connectivity index (χ4v) is 4.58. The van der Waals surface area contributed by atoms with Gasteiger partial charge in [-0.15, -0.1) is 0 Å². The molecule has 0 saturated carbocycles. The molecule has 0 aromatic carbocycles. The molecule has 0 aliphatic carbocycles. The van der Waals surface area contributed by atoms with Crippen LogP contribution in [0.5, 0.6) is 0 Å². The molecule has 1 aliphatic rings. The topological polar surface area (TPSA) is 62.7 Å². The van der Waals surface area contributed by atoms with Gasteiger partial charge in [0, 0.05) is 24.5 Å². The fraction of sp³-hybridized carbons (Fsp3) is 0.625. The second kappa shape index (κ2) is 6.94. The number of hydrogen-bond donors (Lipinski definition) is 1. The molecule has 1 fully saturated rings. The van der Waals surface area contributed by atoms with Crippen molar-refractivity contribution in [2.24, 2.45) is 0 Å². The van der Waals surface area contributed by atoms with E-state index in [4.69, 9.17) is 16.0 Å². The minimum absolute atomic E-state index is 0.0775. The fourth-order valence-electron chi connectivity index (χ4n) is 2.65. The number of likely N-dealkylation sites (tertiary alicyclic amines) is 1. The highest BCUT2D eigenvalue weighted by atomic mass is 79.9. The maximum absolute atomic E-state index is 11.7. The van der Waals surface area contributed by atoms with Crippen molar-refractivity contribution in [2.45, 2.75) is 57.5 Å². The molecule has 1 aliphatic heterocycles. The summed E-state index contributed by atoms with van der Waals surface area (Å²) in [6, 6.07) is -0.338. The second-order valence-electron chi connectivity index (χ2n) is 7.71. The van der Waals surface area contributed by atoms with Crippen LogP contribution >= 0.6 is 27.5 Å². The molecule has 2 rings (SSSR count). The molecule has 1 saturated heterocycles. The van der Waals surface area contributed by atoms with E-state index in [9.17, 15) is 9.90 Å². The van der Waals surface area contributed by atoms with Crippen LogP contribution in [0.25, 0.3) is 0 Å². The minimum atomic E-state index is -1.97. The number of aromatic nitrogens is 1. The van der Waals surface area contributed by atoms with Crippen molar-refractivity contribution in [2.75, 3.05) is 6.54 Å². The summed E-state index contributed by atoms with van der Waals surface area (Å²) in [5.41, 5.74) is 0.717. The first-order chi connectivity index (χ1) is 10.9. The zero-order chi connectivity index (χ0) is 18.3. The molecule has 2 heterocycles. The molecule has 0 bridgehead atoms. The Balaban J connectivity index is 2.27. The molecule has 1 aromatic heterocycles. The Morgan fingerprint density at radius 1 is 1.46 bits per heavy atom. The monoisotopic (exact) mass is 434 g/mol. The quantitative estimate of drug-likeness (QED) is 0.653. The van der Waals surface area contributed by atoms with Gasteiger partial charge >= 0.3 is 6.09 Å². The van der Waals surface area contributed by atoms with E-state index in [-0.39, 0.29) is 17.2 Å². The van der Waals surface area contributed by atoms with E-state index in [1.165, 1.54) is 4.90 Å². The lowest BCUT2D eigenvalue weighted by atomic mass is 10.1. The molecule has 2 atom stereocenters. The van der Waals surface area contributed by atoms with Crippen LogP contribution in [0.1, 0.15) is 38.8 Å². The number of nitrogens with zero attached hydrogens (tertiary/aromatic N) is 2. The third-order valence-corrected chi connectivity index (χ3v) is 10.8. The Labute approximate surface area is 157 Å². The highest BCUT2D eigenvalue weighted by Crippen LogP contribution is 2.43. The number of hydrogen-bond acceptors (Lipinski definition) is 3. The van der Waals surface area contributed by atoms with Crippen LogP contribution in [0, 0.1) is 0 Å². The van der Waals surface area contributed by atoms with Gasteiger partial charge in [0.2, 0.25) is 0 Å². The van der Waals surface area contributed by atoms with Crippen molar-refractivity contribution in [3.8, 4) is 0 Å². The lowest BCUT2D eigenvalue weighted by Crippen LogP contribution is -2.44. The SMILES string of the molecule is CC(C)(C)[Si](C)(C)O[C@@H]1C[C@@H](c2cncc(Br)c2Cl)N(C(=O)O)C1. The summed E-state index contributed by atoms with van der Waals surface area (Å²) >= 11 is 9.71. The van der Waals surface area contributed by atoms with Gasteiger partial charge in [-0.2, -0.15) is 0 Å². The lowest BCUT2D eigenvalue weighted by Gasteiger charge is -2.38. The van der Waals surface area contributed by atoms with Crippen LogP contribution in [-0.2, 0) is 4.43 Å². The van der Waals surface area contributed by atoms with Crippen LogP contribution < -0.4 is 0 Å². The second-order valence-corrected chi connectivity index (χ2v) is 13.7. The van der Waals surface area contributed by atoms with E-state index in [0.29, 0.717) is 22.5 Å². The number of rotatable bonds is 3. The van der Waals surface area contributed by atoms with Crippen molar-refractivity contribution in [1.82, 2.24) is 9.88 Å². The average Bonchev–Trinajstić information content (AvgIpc) is 2.83. The predicted molar refractivity (Wildman–Crippen MR) is 101 cm³/mol. The number of carbonyl (C=O) groups is 1. The zero-order valence-electron chi connectivity index (χ0n) is 14.6. The van der Waals surface area contributed by atoms with E-state index >= 15 is 0 Å². The molecule has 134 valence electrons. The summed E-state index contributed by atoms with van der Waals surface area (Å²) in [5.74, 6) is 0. The van der Waals surface area contributed by atoms with Crippen molar-refractivity contribution < 1.29 is 14.3 Å². The molecule has 0 unspecified atom stereocenters. The van der Waals surface area contributed by atoms with E-state index < -0.39 is 14.4 Å². The van der Waals surface area contributed by atoms with E-state index in [0.717, 1.165) is 5.56 Å². The third-order valence-electron chi connectivity index (χ3n) is 5.00. The van der Waals surface area contributed by atoms with E-state index in [1.807, 2.05) is 0 Å². The first kappa shape index (κ1) is 19.7. The molecule has 5 nitrogen and oxygen atoms in total. The van der Waals surface area contributed by atoms with Gasteiger partial charge in [-0.25, -0.2) is 4.79 Å². The highest BCUT2D eigenvalue weighted by Gasteiger charge is 2.44. The van der Waals surface area contributed by atoms with Gasteiger partial charge in [-0.3, -0.25) is 9.88 Å². The Morgan fingerprint density at radius 2 is 2.08 bits per heavy atom. The Morgan fingerprint density at radius 3 is 2.62 bits per heavy atom. The number of carboxylic acid groups (broad SMARTS) is 1. The van der Waals surface area contributed by atoms with E-state index in [2.05, 4.69) is 54.8 Å². The first-order valence-corrected chi connectivity index (χ1v) is 12.0. The molecule has 24 heavy (non-hydrogen) atoms. The Kier molecular flexibility index (Phi) is 5.69. The van der Waals surface area contributed by atoms with Crippen LogP contribution in [-0.4, -0.2) is 42.0 Å². The van der Waals surface area contributed by atoms with Crippen LogP contribution in [0.2, 0.25) is 23.2 Å². The first-order valence-electron chi connectivity index (χ1n) is 7.90. The standard InChI is InChI=1S/C16H24BrClN2O3Si/c1-16(2,3)24(4,5)23-10-6-13(20(9-10)15(21)22)11-7-19-8-12(17)14(11)18/h7-8,10,13H,6,9H2,1-5H3,(H,21,22)/t10-,13+/m1/s1. The number of pyridine rings is 1. The minimum Gasteiger partial charge on any atom is -0.465 e. The maximum Gasteiger partial charge on any atom is 0.407 e. The van der Waals surface area contributed by atoms with E-state index in [1.54, 1.807) is 12.4 Å². The molecule has 0 radical (unpaired) electrons. The molecular weight excluding hydrogens is 412 g/mol. The summed E-state index contributed by atoms with van der Waals surface area (Å²) < 4.78 is 7.09. The van der Waals surface area contributed by atoms with Gasteiger partial charge in [0.1, 0.15) is 0 Å². The summed E-state index contributed by atoms with van der Waals surface area (Å²) in [6.45, 7) is 11.2. The van der Waals surface area contributed by atoms with Crippen molar-refractivity contribution in [1.29, 1.82) is 0 Å². The number of amides is 1. The molecular formula is C16H24BrClN2O3Si. The molecule has 1 aromatic rings. The number of halogens is 2. The van der Waals surface area contributed by atoms with Gasteiger partial charge in [0.05, 0.1) is 21.6 Å². The van der Waals surface area contributed by atoms with Crippen molar-refractivity contribution in [3.05, 3.63) is 27.5 Å². The van der Waals surface area contributed by atoms with Gasteiger partial charge in [0.25, 0.3) is 0 Å². The zero-order valence-corrected chi connectivity index (χ0v) is 18.0. The Hall–Kier alpha value is -0.633. The van der Waals surface area contributed by atoms with Crippen LogP contribution in [0.3, 0.4) is 0 Å². The molecule has 1 N–H and O–H groups in total. The molecule has 8 heteroatoms. The maximum atomic E-state index is 11.7. The van der Waals surface area contributed by atoms with Crippen molar-refractivity contribution in [3.63, 3.8) is 0 Å². The third kappa shape index (κ3) is 3.95. The average molecular weight is 436 g/mol. The van der Waals surface area contributed by atoms with Gasteiger partial charge in [-0.05, 0) is 40.5 Å². The summed E-state index contributed by atoms with van der Waals surface area (Å²) in [6.07, 6.45) is 2.76. The summed E-state index contributed by atoms with van der Waals surface area (Å²) in [7, 11) is -1.97. The van der Waals surface area contributed by atoms with Crippen molar-refractivity contribution >= 4 is 41.9 Å². The summed E-state index contributed by atoms with van der Waals surface area (Å²) in [5, 5.41) is 10.2. The highest BCUT2D eigenvalue weighted by molar-refractivity contribution is 9.10. The lowest BCUT2D eigenvalue weighted by molar-refractivity contribution is 0.132. The Bertz CT molecular complexity index is 636. The summed E-state index contributed by atoms with van der Waals surface area (Å²) in [4.78, 5) is 17.2. The van der Waals surface area contributed by atoms with Gasteiger partial charge in [0.15, 0.2) is 8.32 Å². The van der Waals surface area contributed by atoms with Crippen LogP contribution in [0.4, 0.5) is 4.79 Å². The molecule has 0 spiro atoms.